The van der Waals surface area contributed by atoms with Gasteiger partial charge in [-0.15, -0.1) is 0 Å². The van der Waals surface area contributed by atoms with Crippen LogP contribution in [0, 0.1) is 18.6 Å². The van der Waals surface area contributed by atoms with Gasteiger partial charge in [-0.1, -0.05) is 24.3 Å². The molecule has 19 heavy (non-hydrogen) atoms. The SMILES string of the molecule is Cc1cccc(OCC(=O)c2cccc(F)c2)c1F. The van der Waals surface area contributed by atoms with Crippen molar-refractivity contribution in [2.75, 3.05) is 6.61 Å². The average molecular weight is 262 g/mol. The minimum absolute atomic E-state index is 0.0183. The fourth-order valence-corrected chi connectivity index (χ4v) is 1.62. The fraction of sp³-hybridized carbons (Fsp3) is 0.133. The molecule has 2 nitrogen and oxygen atoms in total. The number of carbonyl (C=O) groups excluding carboxylic acids is 1. The minimum atomic E-state index is -0.493. The monoisotopic (exact) mass is 262 g/mol. The summed E-state index contributed by atoms with van der Waals surface area (Å²) in [6.45, 7) is 1.28. The van der Waals surface area contributed by atoms with Gasteiger partial charge in [0.05, 0.1) is 0 Å². The van der Waals surface area contributed by atoms with Gasteiger partial charge in [0, 0.05) is 5.56 Å². The summed E-state index contributed by atoms with van der Waals surface area (Å²) in [5.74, 6) is -1.37. The van der Waals surface area contributed by atoms with Gasteiger partial charge in [-0.05, 0) is 30.7 Å². The van der Waals surface area contributed by atoms with Crippen LogP contribution in [0.5, 0.6) is 5.75 Å². The molecule has 0 atom stereocenters. The van der Waals surface area contributed by atoms with E-state index in [0.29, 0.717) is 5.56 Å². The van der Waals surface area contributed by atoms with E-state index in [1.54, 1.807) is 19.1 Å². The van der Waals surface area contributed by atoms with Crippen LogP contribution < -0.4 is 4.74 Å². The first-order valence-corrected chi connectivity index (χ1v) is 5.74. The van der Waals surface area contributed by atoms with E-state index >= 15 is 0 Å². The molecule has 0 aliphatic carbocycles. The Kier molecular flexibility index (Phi) is 3.90. The standard InChI is InChI=1S/C15H12F2O2/c1-10-4-2-7-14(15(10)17)19-9-13(18)11-5-3-6-12(16)8-11/h2-8H,9H2,1H3. The third-order valence-corrected chi connectivity index (χ3v) is 2.66. The Bertz CT molecular complexity index is 609. The van der Waals surface area contributed by atoms with E-state index in [0.717, 1.165) is 6.07 Å². The van der Waals surface area contributed by atoms with E-state index in [9.17, 15) is 13.6 Å². The summed E-state index contributed by atoms with van der Waals surface area (Å²) in [7, 11) is 0. The van der Waals surface area contributed by atoms with Gasteiger partial charge in [0.2, 0.25) is 0 Å². The molecule has 2 aromatic carbocycles. The molecule has 0 saturated carbocycles. The topological polar surface area (TPSA) is 26.3 Å². The first kappa shape index (κ1) is 13.2. The molecule has 0 aromatic heterocycles. The second kappa shape index (κ2) is 5.61. The quantitative estimate of drug-likeness (QED) is 0.788. The molecule has 0 aliphatic heterocycles. The number of hydrogen-bond acceptors (Lipinski definition) is 2. The van der Waals surface area contributed by atoms with E-state index < -0.39 is 17.4 Å². The Hall–Kier alpha value is -2.23. The number of Topliss-reactive ketones (excluding diaryl/α,β-unsaturated/α-hetero) is 1. The van der Waals surface area contributed by atoms with E-state index in [-0.39, 0.29) is 17.9 Å². The summed E-state index contributed by atoms with van der Waals surface area (Å²) < 4.78 is 31.7. The molecular weight excluding hydrogens is 250 g/mol. The Morgan fingerprint density at radius 3 is 2.63 bits per heavy atom. The highest BCUT2D eigenvalue weighted by molar-refractivity contribution is 5.97. The zero-order valence-electron chi connectivity index (χ0n) is 10.3. The van der Waals surface area contributed by atoms with Gasteiger partial charge in [0.15, 0.2) is 24.0 Å². The number of hydrogen-bond donors (Lipinski definition) is 0. The third kappa shape index (κ3) is 3.16. The van der Waals surface area contributed by atoms with Crippen molar-refractivity contribution in [3.63, 3.8) is 0 Å². The van der Waals surface area contributed by atoms with E-state index in [1.165, 1.54) is 24.3 Å². The molecule has 0 aliphatic rings. The van der Waals surface area contributed by atoms with Crippen LogP contribution in [0.3, 0.4) is 0 Å². The Labute approximate surface area is 109 Å². The maximum Gasteiger partial charge on any atom is 0.200 e. The largest absolute Gasteiger partial charge is 0.482 e. The van der Waals surface area contributed by atoms with Crippen molar-refractivity contribution in [3.8, 4) is 5.75 Å². The van der Waals surface area contributed by atoms with E-state index in [1.807, 2.05) is 0 Å². The highest BCUT2D eigenvalue weighted by Crippen LogP contribution is 2.19. The molecule has 2 rings (SSSR count). The molecule has 0 heterocycles. The van der Waals surface area contributed by atoms with Crippen LogP contribution in [0.2, 0.25) is 0 Å². The molecule has 0 N–H and O–H groups in total. The maximum atomic E-state index is 13.6. The van der Waals surface area contributed by atoms with Crippen LogP contribution in [0.4, 0.5) is 8.78 Å². The van der Waals surface area contributed by atoms with Crippen LogP contribution >= 0.6 is 0 Å². The number of aryl methyl sites for hydroxylation is 1. The zero-order chi connectivity index (χ0) is 13.8. The van der Waals surface area contributed by atoms with Crippen molar-refractivity contribution >= 4 is 5.78 Å². The first-order chi connectivity index (χ1) is 9.08. The Morgan fingerprint density at radius 2 is 1.89 bits per heavy atom. The number of benzene rings is 2. The molecule has 0 spiro atoms. The normalized spacial score (nSPS) is 10.3. The lowest BCUT2D eigenvalue weighted by Crippen LogP contribution is -2.12. The Balaban J connectivity index is 2.07. The van der Waals surface area contributed by atoms with Crippen LogP contribution in [0.1, 0.15) is 15.9 Å². The predicted octanol–water partition coefficient (Wildman–Crippen LogP) is 3.53. The summed E-state index contributed by atoms with van der Waals surface area (Å²) in [5.41, 5.74) is 0.642. The molecule has 2 aromatic rings. The number of rotatable bonds is 4. The van der Waals surface area contributed by atoms with Crippen molar-refractivity contribution < 1.29 is 18.3 Å². The van der Waals surface area contributed by atoms with Gasteiger partial charge >= 0.3 is 0 Å². The maximum absolute atomic E-state index is 13.6. The van der Waals surface area contributed by atoms with Crippen LogP contribution in [0.25, 0.3) is 0 Å². The highest BCUT2D eigenvalue weighted by atomic mass is 19.1. The Morgan fingerprint density at radius 1 is 1.16 bits per heavy atom. The van der Waals surface area contributed by atoms with Gasteiger partial charge in [0.1, 0.15) is 5.82 Å². The molecular formula is C15H12F2O2. The van der Waals surface area contributed by atoms with Gasteiger partial charge in [-0.25, -0.2) is 8.78 Å². The lowest BCUT2D eigenvalue weighted by molar-refractivity contribution is 0.0918. The zero-order valence-corrected chi connectivity index (χ0v) is 10.3. The molecule has 4 heteroatoms. The highest BCUT2D eigenvalue weighted by Gasteiger charge is 2.10. The summed E-state index contributed by atoms with van der Waals surface area (Å²) in [6.07, 6.45) is 0. The van der Waals surface area contributed by atoms with Gasteiger partial charge in [0.25, 0.3) is 0 Å². The average Bonchev–Trinajstić information content (AvgIpc) is 2.40. The summed E-state index contributed by atoms with van der Waals surface area (Å²) in [6, 6.07) is 9.99. The summed E-state index contributed by atoms with van der Waals surface area (Å²) in [4.78, 5) is 11.8. The summed E-state index contributed by atoms with van der Waals surface area (Å²) >= 11 is 0. The second-order valence-corrected chi connectivity index (χ2v) is 4.11. The van der Waals surface area contributed by atoms with Crippen LogP contribution in [0.15, 0.2) is 42.5 Å². The van der Waals surface area contributed by atoms with Crippen molar-refractivity contribution in [2.45, 2.75) is 6.92 Å². The fourth-order valence-electron chi connectivity index (χ4n) is 1.62. The molecule has 0 radical (unpaired) electrons. The van der Waals surface area contributed by atoms with Crippen molar-refractivity contribution in [2.24, 2.45) is 0 Å². The number of ketones is 1. The first-order valence-electron chi connectivity index (χ1n) is 5.74. The predicted molar refractivity (Wildman–Crippen MR) is 67.4 cm³/mol. The molecule has 0 bridgehead atoms. The van der Waals surface area contributed by atoms with Crippen molar-refractivity contribution in [3.05, 3.63) is 65.2 Å². The lowest BCUT2D eigenvalue weighted by atomic mass is 10.1. The van der Waals surface area contributed by atoms with Crippen molar-refractivity contribution in [1.29, 1.82) is 0 Å². The number of halogens is 2. The third-order valence-electron chi connectivity index (χ3n) is 2.66. The molecule has 0 amide bonds. The number of carbonyl (C=O) groups is 1. The van der Waals surface area contributed by atoms with Gasteiger partial charge in [-0.3, -0.25) is 4.79 Å². The van der Waals surface area contributed by atoms with Gasteiger partial charge < -0.3 is 4.74 Å². The molecule has 98 valence electrons. The summed E-state index contributed by atoms with van der Waals surface area (Å²) in [5, 5.41) is 0. The minimum Gasteiger partial charge on any atom is -0.482 e. The van der Waals surface area contributed by atoms with Gasteiger partial charge in [-0.2, -0.15) is 0 Å². The molecule has 0 unspecified atom stereocenters. The molecule has 0 fully saturated rings. The smallest absolute Gasteiger partial charge is 0.200 e. The lowest BCUT2D eigenvalue weighted by Gasteiger charge is -2.08. The molecule has 0 saturated heterocycles. The van der Waals surface area contributed by atoms with Crippen molar-refractivity contribution in [1.82, 2.24) is 0 Å². The van der Waals surface area contributed by atoms with Crippen LogP contribution in [-0.4, -0.2) is 12.4 Å². The van der Waals surface area contributed by atoms with E-state index in [2.05, 4.69) is 0 Å². The number of ether oxygens (including phenoxy) is 1. The van der Waals surface area contributed by atoms with E-state index in [4.69, 9.17) is 4.74 Å². The second-order valence-electron chi connectivity index (χ2n) is 4.11. The van der Waals surface area contributed by atoms with Crippen LogP contribution in [-0.2, 0) is 0 Å².